The topological polar surface area (TPSA) is 0 Å². The number of hydrogen-bond acceptors (Lipinski definition) is 0. The monoisotopic (exact) mass is 441 g/mol. The molecule has 0 spiro atoms. The quantitative estimate of drug-likeness (QED) is 0.587. The van der Waals surface area contributed by atoms with E-state index < -0.39 is 16.1 Å². The molecule has 0 aromatic carbocycles. The van der Waals surface area contributed by atoms with E-state index in [-0.39, 0.29) is 38.6 Å². The van der Waals surface area contributed by atoms with Gasteiger partial charge in [-0.2, -0.15) is 0 Å². The summed E-state index contributed by atoms with van der Waals surface area (Å²) >= 11 is 0. The Morgan fingerprint density at radius 3 is 1.17 bits per heavy atom. The van der Waals surface area contributed by atoms with Crippen LogP contribution in [0, 0.1) is 12.8 Å². The molecule has 4 heteroatoms. The third-order valence-electron chi connectivity index (χ3n) is 2.46. The van der Waals surface area contributed by atoms with E-state index in [1.807, 2.05) is 61.4 Å². The second-order valence-corrected chi connectivity index (χ2v) is 18.1. The van der Waals surface area contributed by atoms with Gasteiger partial charge in [0.25, 0.3) is 0 Å². The molecule has 2 radical (unpaired) electrons. The van der Waals surface area contributed by atoms with Crippen molar-refractivity contribution in [1.82, 2.24) is 0 Å². The van der Waals surface area contributed by atoms with Crippen molar-refractivity contribution in [3.8, 4) is 0 Å². The van der Waals surface area contributed by atoms with Gasteiger partial charge in [0.1, 0.15) is 0 Å². The van der Waals surface area contributed by atoms with Crippen molar-refractivity contribution in [2.75, 3.05) is 0 Å². The Balaban J connectivity index is -0.000000278. The van der Waals surface area contributed by atoms with Crippen LogP contribution in [0.3, 0.4) is 0 Å². The first-order valence-corrected chi connectivity index (χ1v) is 15.0. The normalized spacial score (nSPS) is 14.5. The zero-order valence-corrected chi connectivity index (χ0v) is 20.7. The van der Waals surface area contributed by atoms with Crippen LogP contribution in [0.5, 0.6) is 0 Å². The third-order valence-corrected chi connectivity index (χ3v) is 5.16. The van der Waals surface area contributed by atoms with Gasteiger partial charge >= 0.3 is 0 Å². The molecule has 0 aromatic heterocycles. The van der Waals surface area contributed by atoms with Gasteiger partial charge < -0.3 is 12.4 Å². The molecule has 0 unspecified atom stereocenters. The molecule has 0 saturated heterocycles. The standard InChI is InChI=1S/C9H22Si2.2C5H5.ClH.Zr/c1-10(2,3)8-7-9-11(4,5)6;2*1-2-4-5-3-1;;/h7-8H,9H2,1-6H3;2*1-5H;1H;/p-1/b8-7+;;;;. The first-order valence-electron chi connectivity index (χ1n) is 7.72. The molecule has 0 heterocycles. The van der Waals surface area contributed by atoms with Gasteiger partial charge in [0.15, 0.2) is 0 Å². The van der Waals surface area contributed by atoms with Gasteiger partial charge in [-0.15, -0.1) is 0 Å². The Hall–Kier alpha value is 0.307. The molecule has 0 aliphatic heterocycles. The van der Waals surface area contributed by atoms with E-state index in [1.165, 1.54) is 6.04 Å². The fraction of sp³-hybridized carbons (Fsp3) is 0.368. The van der Waals surface area contributed by atoms with E-state index in [0.717, 1.165) is 0 Å². The molecule has 128 valence electrons. The average Bonchev–Trinajstić information content (AvgIpc) is 3.05. The minimum Gasteiger partial charge on any atom is -1.00 e. The number of halogens is 1. The molecule has 2 aliphatic rings. The van der Waals surface area contributed by atoms with Crippen LogP contribution in [0.4, 0.5) is 0 Å². The number of hydrogen-bond donors (Lipinski definition) is 0. The fourth-order valence-corrected chi connectivity index (χ4v) is 3.29. The SMILES string of the molecule is C[Si](C)(C)/C=C/C[Si](C)(C)C.[CH]1C=CC=C1.[CH]1C=CC=C1.[Cl-].[Zr]. The molecule has 0 saturated carbocycles. The van der Waals surface area contributed by atoms with Crippen LogP contribution >= 0.6 is 0 Å². The molecular weight excluding hydrogens is 411 g/mol. The maximum absolute atomic E-state index is 2.46. The molecular formula is C19H32ClSi2Zr-. The largest absolute Gasteiger partial charge is 1.00 e. The van der Waals surface area contributed by atoms with Crippen molar-refractivity contribution in [1.29, 1.82) is 0 Å². The Morgan fingerprint density at radius 2 is 1.00 bits per heavy atom. The molecule has 0 amide bonds. The van der Waals surface area contributed by atoms with Crippen molar-refractivity contribution >= 4 is 16.1 Å². The van der Waals surface area contributed by atoms with Crippen LogP contribution in [-0.2, 0) is 26.2 Å². The molecule has 0 N–H and O–H groups in total. The Morgan fingerprint density at radius 1 is 0.652 bits per heavy atom. The predicted molar refractivity (Wildman–Crippen MR) is 106 cm³/mol. The third kappa shape index (κ3) is 27.4. The van der Waals surface area contributed by atoms with Gasteiger partial charge in [0.05, 0.1) is 8.07 Å². The zero-order chi connectivity index (χ0) is 16.2. The predicted octanol–water partition coefficient (Wildman–Crippen LogP) is 3.39. The van der Waals surface area contributed by atoms with Crippen LogP contribution in [0.1, 0.15) is 0 Å². The molecule has 2 aliphatic carbocycles. The Labute approximate surface area is 172 Å². The summed E-state index contributed by atoms with van der Waals surface area (Å²) < 4.78 is 0. The summed E-state index contributed by atoms with van der Waals surface area (Å²) in [6.45, 7) is 14.4. The minimum atomic E-state index is -0.915. The van der Waals surface area contributed by atoms with E-state index in [4.69, 9.17) is 0 Å². The number of allylic oxidation sites excluding steroid dienone is 9. The summed E-state index contributed by atoms with van der Waals surface area (Å²) in [5, 5.41) is 0. The summed E-state index contributed by atoms with van der Waals surface area (Å²) in [7, 11) is -1.74. The molecule has 0 fully saturated rings. The fourth-order valence-electron chi connectivity index (χ4n) is 1.41. The van der Waals surface area contributed by atoms with Gasteiger partial charge in [0.2, 0.25) is 0 Å². The van der Waals surface area contributed by atoms with E-state index in [0.29, 0.717) is 0 Å². The molecule has 23 heavy (non-hydrogen) atoms. The average molecular weight is 443 g/mol. The van der Waals surface area contributed by atoms with Gasteiger partial charge in [-0.3, -0.25) is 0 Å². The van der Waals surface area contributed by atoms with E-state index in [9.17, 15) is 0 Å². The Kier molecular flexibility index (Phi) is 19.3. The second kappa shape index (κ2) is 15.8. The van der Waals surface area contributed by atoms with Crippen LogP contribution in [0.2, 0.25) is 45.3 Å². The summed E-state index contributed by atoms with van der Waals surface area (Å²) in [6.07, 6.45) is 22.4. The van der Waals surface area contributed by atoms with E-state index in [2.05, 4.69) is 51.1 Å². The second-order valence-electron chi connectivity index (χ2n) is 7.46. The molecule has 0 aromatic rings. The van der Waals surface area contributed by atoms with Gasteiger partial charge in [-0.1, -0.05) is 99.7 Å². The number of rotatable bonds is 3. The summed E-state index contributed by atoms with van der Waals surface area (Å²) in [5.74, 6) is 0. The van der Waals surface area contributed by atoms with Crippen molar-refractivity contribution in [2.45, 2.75) is 45.3 Å². The van der Waals surface area contributed by atoms with Gasteiger partial charge in [-0.25, -0.2) is 0 Å². The van der Waals surface area contributed by atoms with Crippen molar-refractivity contribution < 1.29 is 38.6 Å². The van der Waals surface area contributed by atoms with Crippen LogP contribution < -0.4 is 12.4 Å². The van der Waals surface area contributed by atoms with Crippen LogP contribution in [0.15, 0.2) is 60.4 Å². The molecule has 0 nitrogen and oxygen atoms in total. The van der Waals surface area contributed by atoms with Gasteiger partial charge in [-0.05, 0) is 6.04 Å². The molecule has 0 atom stereocenters. The Bertz CT molecular complexity index is 366. The van der Waals surface area contributed by atoms with Gasteiger partial charge in [0, 0.05) is 47.1 Å². The van der Waals surface area contributed by atoms with Crippen LogP contribution in [-0.4, -0.2) is 16.1 Å². The maximum Gasteiger partial charge on any atom is 0.0682 e. The first-order chi connectivity index (χ1) is 9.71. The van der Waals surface area contributed by atoms with Crippen molar-refractivity contribution in [3.05, 3.63) is 73.2 Å². The molecule has 0 bridgehead atoms. The summed E-state index contributed by atoms with van der Waals surface area (Å²) in [5.41, 5.74) is 2.46. The molecule has 2 rings (SSSR count). The smallest absolute Gasteiger partial charge is 0.0682 e. The summed E-state index contributed by atoms with van der Waals surface area (Å²) in [4.78, 5) is 0. The van der Waals surface area contributed by atoms with E-state index >= 15 is 0 Å². The minimum absolute atomic E-state index is 0. The van der Waals surface area contributed by atoms with Crippen molar-refractivity contribution in [2.24, 2.45) is 0 Å². The zero-order valence-electron chi connectivity index (χ0n) is 15.5. The maximum atomic E-state index is 2.46. The van der Waals surface area contributed by atoms with Crippen LogP contribution in [0.25, 0.3) is 0 Å². The van der Waals surface area contributed by atoms with Crippen molar-refractivity contribution in [3.63, 3.8) is 0 Å². The van der Waals surface area contributed by atoms with E-state index in [1.54, 1.807) is 0 Å². The summed E-state index contributed by atoms with van der Waals surface area (Å²) in [6, 6.07) is 1.34. The first kappa shape index (κ1) is 28.1.